The average molecular weight is 288 g/mol. The number of rotatable bonds is 5. The number of nitrogens with zero attached hydrogens (tertiary/aromatic N) is 1. The van der Waals surface area contributed by atoms with Crippen LogP contribution in [0.3, 0.4) is 0 Å². The van der Waals surface area contributed by atoms with Crippen molar-refractivity contribution < 1.29 is 9.59 Å². The van der Waals surface area contributed by atoms with Crippen molar-refractivity contribution >= 4 is 11.8 Å². The van der Waals surface area contributed by atoms with E-state index < -0.39 is 11.6 Å². The Morgan fingerprint density at radius 2 is 1.86 bits per heavy atom. The molecule has 0 saturated carbocycles. The predicted molar refractivity (Wildman–Crippen MR) is 82.8 cm³/mol. The zero-order valence-corrected chi connectivity index (χ0v) is 13.1. The molecule has 2 atom stereocenters. The third-order valence-corrected chi connectivity index (χ3v) is 4.25. The standard InChI is InChI=1S/C17H24N2O2/c1-4-11-19-14(12-13-9-7-6-8-10-13)15(20)18-17(3,5-2)16(19)21/h6-10,14H,4-5,11-12H2,1-3H3,(H,18,20). The Bertz CT molecular complexity index is 515. The lowest BCUT2D eigenvalue weighted by atomic mass is 9.90. The van der Waals surface area contributed by atoms with E-state index in [-0.39, 0.29) is 11.8 Å². The Kier molecular flexibility index (Phi) is 4.66. The van der Waals surface area contributed by atoms with Crippen molar-refractivity contribution in [3.05, 3.63) is 35.9 Å². The van der Waals surface area contributed by atoms with Gasteiger partial charge in [-0.15, -0.1) is 0 Å². The second-order valence-corrected chi connectivity index (χ2v) is 5.88. The molecule has 114 valence electrons. The van der Waals surface area contributed by atoms with Gasteiger partial charge in [-0.1, -0.05) is 44.2 Å². The fourth-order valence-corrected chi connectivity index (χ4v) is 2.79. The van der Waals surface area contributed by atoms with E-state index in [0.717, 1.165) is 12.0 Å². The van der Waals surface area contributed by atoms with E-state index in [4.69, 9.17) is 0 Å². The SMILES string of the molecule is CCCN1C(=O)C(C)(CC)NC(=O)C1Cc1ccccc1. The summed E-state index contributed by atoms with van der Waals surface area (Å²) < 4.78 is 0. The van der Waals surface area contributed by atoms with Crippen LogP contribution in [0.25, 0.3) is 0 Å². The topological polar surface area (TPSA) is 49.4 Å². The monoisotopic (exact) mass is 288 g/mol. The van der Waals surface area contributed by atoms with Crippen molar-refractivity contribution in [3.8, 4) is 0 Å². The van der Waals surface area contributed by atoms with Crippen LogP contribution in [0.4, 0.5) is 0 Å². The number of carbonyl (C=O) groups is 2. The van der Waals surface area contributed by atoms with Crippen molar-refractivity contribution in [2.24, 2.45) is 0 Å². The van der Waals surface area contributed by atoms with Crippen LogP contribution in [0.1, 0.15) is 39.2 Å². The van der Waals surface area contributed by atoms with Crippen LogP contribution in [0.15, 0.2) is 30.3 Å². The Balaban J connectivity index is 2.26. The summed E-state index contributed by atoms with van der Waals surface area (Å²) in [5.41, 5.74) is 0.311. The molecule has 4 heteroatoms. The fourth-order valence-electron chi connectivity index (χ4n) is 2.79. The lowest BCUT2D eigenvalue weighted by molar-refractivity contribution is -0.154. The van der Waals surface area contributed by atoms with Gasteiger partial charge in [0.25, 0.3) is 0 Å². The number of amides is 2. The molecule has 2 unspecified atom stereocenters. The van der Waals surface area contributed by atoms with E-state index >= 15 is 0 Å². The molecule has 0 radical (unpaired) electrons. The van der Waals surface area contributed by atoms with Crippen LogP contribution in [0.2, 0.25) is 0 Å². The highest BCUT2D eigenvalue weighted by Gasteiger charge is 2.46. The lowest BCUT2D eigenvalue weighted by Crippen LogP contribution is -2.69. The number of piperazine rings is 1. The Morgan fingerprint density at radius 1 is 1.19 bits per heavy atom. The Hall–Kier alpha value is -1.84. The molecule has 1 aromatic rings. The molecular formula is C17H24N2O2. The van der Waals surface area contributed by atoms with Crippen LogP contribution in [0.5, 0.6) is 0 Å². The van der Waals surface area contributed by atoms with Crippen LogP contribution in [-0.2, 0) is 16.0 Å². The lowest BCUT2D eigenvalue weighted by Gasteiger charge is -2.44. The summed E-state index contributed by atoms with van der Waals surface area (Å²) in [7, 11) is 0. The molecule has 1 aromatic carbocycles. The zero-order chi connectivity index (χ0) is 15.5. The first-order valence-corrected chi connectivity index (χ1v) is 7.69. The number of nitrogens with one attached hydrogen (secondary N) is 1. The molecule has 1 N–H and O–H groups in total. The highest BCUT2D eigenvalue weighted by atomic mass is 16.2. The van der Waals surface area contributed by atoms with Gasteiger partial charge in [0, 0.05) is 13.0 Å². The van der Waals surface area contributed by atoms with Crippen LogP contribution >= 0.6 is 0 Å². The second-order valence-electron chi connectivity index (χ2n) is 5.88. The molecule has 1 heterocycles. The third-order valence-electron chi connectivity index (χ3n) is 4.25. The minimum absolute atomic E-state index is 0.0346. The molecule has 2 amide bonds. The van der Waals surface area contributed by atoms with Crippen molar-refractivity contribution in [1.29, 1.82) is 0 Å². The van der Waals surface area contributed by atoms with Crippen LogP contribution in [0, 0.1) is 0 Å². The molecule has 0 spiro atoms. The molecular weight excluding hydrogens is 264 g/mol. The normalized spacial score (nSPS) is 25.9. The molecule has 0 aliphatic carbocycles. The summed E-state index contributed by atoms with van der Waals surface area (Å²) in [6.45, 7) is 6.40. The molecule has 1 fully saturated rings. The van der Waals surface area contributed by atoms with E-state index in [1.54, 1.807) is 4.90 Å². The molecule has 2 rings (SSSR count). The molecule has 1 aliphatic rings. The quantitative estimate of drug-likeness (QED) is 0.902. The minimum atomic E-state index is -0.764. The smallest absolute Gasteiger partial charge is 0.248 e. The Morgan fingerprint density at radius 3 is 2.43 bits per heavy atom. The van der Waals surface area contributed by atoms with Gasteiger partial charge < -0.3 is 10.2 Å². The van der Waals surface area contributed by atoms with Gasteiger partial charge in [-0.3, -0.25) is 9.59 Å². The first-order chi connectivity index (χ1) is 10.0. The predicted octanol–water partition coefficient (Wildman–Crippen LogP) is 2.13. The highest BCUT2D eigenvalue weighted by molar-refractivity contribution is 5.99. The molecule has 0 aromatic heterocycles. The number of hydrogen-bond donors (Lipinski definition) is 1. The number of hydrogen-bond acceptors (Lipinski definition) is 2. The second kappa shape index (κ2) is 6.29. The van der Waals surface area contributed by atoms with Gasteiger partial charge in [-0.25, -0.2) is 0 Å². The third kappa shape index (κ3) is 3.09. The van der Waals surface area contributed by atoms with Gasteiger partial charge in [-0.05, 0) is 25.3 Å². The summed E-state index contributed by atoms with van der Waals surface area (Å²) in [6, 6.07) is 9.45. The van der Waals surface area contributed by atoms with E-state index in [0.29, 0.717) is 19.4 Å². The summed E-state index contributed by atoms with van der Waals surface area (Å²) in [4.78, 5) is 27.0. The van der Waals surface area contributed by atoms with Gasteiger partial charge in [0.1, 0.15) is 11.6 Å². The maximum atomic E-state index is 12.7. The van der Waals surface area contributed by atoms with Gasteiger partial charge in [-0.2, -0.15) is 0 Å². The molecule has 4 nitrogen and oxygen atoms in total. The van der Waals surface area contributed by atoms with Crippen molar-refractivity contribution in [2.75, 3.05) is 6.54 Å². The van der Waals surface area contributed by atoms with Crippen LogP contribution in [-0.4, -0.2) is 34.8 Å². The summed E-state index contributed by atoms with van der Waals surface area (Å²) in [5, 5.41) is 2.92. The van der Waals surface area contributed by atoms with E-state index in [1.165, 1.54) is 0 Å². The van der Waals surface area contributed by atoms with Crippen molar-refractivity contribution in [2.45, 2.75) is 51.6 Å². The van der Waals surface area contributed by atoms with E-state index in [1.807, 2.05) is 51.1 Å². The van der Waals surface area contributed by atoms with Gasteiger partial charge >= 0.3 is 0 Å². The zero-order valence-electron chi connectivity index (χ0n) is 13.1. The molecule has 1 aliphatic heterocycles. The summed E-state index contributed by atoms with van der Waals surface area (Å²) in [5.74, 6) is -0.0105. The highest BCUT2D eigenvalue weighted by Crippen LogP contribution is 2.23. The first-order valence-electron chi connectivity index (χ1n) is 7.69. The maximum absolute atomic E-state index is 12.7. The first kappa shape index (κ1) is 15.5. The van der Waals surface area contributed by atoms with Gasteiger partial charge in [0.2, 0.25) is 11.8 Å². The summed E-state index contributed by atoms with van der Waals surface area (Å²) >= 11 is 0. The number of carbonyl (C=O) groups excluding carboxylic acids is 2. The van der Waals surface area contributed by atoms with Crippen LogP contribution < -0.4 is 5.32 Å². The largest absolute Gasteiger partial charge is 0.340 e. The van der Waals surface area contributed by atoms with Gasteiger partial charge in [0.15, 0.2) is 0 Å². The van der Waals surface area contributed by atoms with E-state index in [2.05, 4.69) is 5.32 Å². The van der Waals surface area contributed by atoms with Gasteiger partial charge in [0.05, 0.1) is 0 Å². The molecule has 0 bridgehead atoms. The Labute approximate surface area is 126 Å². The molecule has 21 heavy (non-hydrogen) atoms. The molecule has 1 saturated heterocycles. The number of benzene rings is 1. The van der Waals surface area contributed by atoms with Crippen molar-refractivity contribution in [1.82, 2.24) is 10.2 Å². The van der Waals surface area contributed by atoms with Crippen molar-refractivity contribution in [3.63, 3.8) is 0 Å². The average Bonchev–Trinajstić information content (AvgIpc) is 2.49. The fraction of sp³-hybridized carbons (Fsp3) is 0.529. The minimum Gasteiger partial charge on any atom is -0.340 e. The van der Waals surface area contributed by atoms with E-state index in [9.17, 15) is 9.59 Å². The summed E-state index contributed by atoms with van der Waals surface area (Å²) in [6.07, 6.45) is 2.03. The maximum Gasteiger partial charge on any atom is 0.248 e.